The molecule has 0 fully saturated rings. The van der Waals surface area contributed by atoms with E-state index in [4.69, 9.17) is 0 Å². The molecule has 4 aromatic rings. The molecule has 0 amide bonds. The zero-order valence-corrected chi connectivity index (χ0v) is 32.7. The summed E-state index contributed by atoms with van der Waals surface area (Å²) in [6.07, 6.45) is 9.28. The van der Waals surface area contributed by atoms with Crippen molar-refractivity contribution in [2.24, 2.45) is 0 Å². The number of hydrogen-bond donors (Lipinski definition) is 0. The summed E-state index contributed by atoms with van der Waals surface area (Å²) in [6, 6.07) is 31.1. The number of rotatable bonds is 4. The van der Waals surface area contributed by atoms with Crippen molar-refractivity contribution >= 4 is 31.4 Å². The number of halogens is 2. The molecule has 0 aromatic heterocycles. The topological polar surface area (TPSA) is 0 Å². The Morgan fingerprint density at radius 1 is 0.659 bits per heavy atom. The SMILES string of the molecule is Cc1cccc([C](c2cccc(C)c2)=[Hf]([C]2=CC=CC2)[c]2cc(C(C)(C)C)cc3c2Cc2ccc(C(C)(C)C)cc2-3)c1.Cl.Cl. The smallest absolute Gasteiger partial charge is 0.147 e. The van der Waals surface area contributed by atoms with E-state index < -0.39 is 21.0 Å². The van der Waals surface area contributed by atoms with Crippen molar-refractivity contribution in [1.29, 1.82) is 0 Å². The van der Waals surface area contributed by atoms with Gasteiger partial charge in [0.05, 0.1) is 0 Å². The maximum atomic E-state index is 2.65. The van der Waals surface area contributed by atoms with Crippen LogP contribution in [0, 0.1) is 13.8 Å². The third-order valence-corrected chi connectivity index (χ3v) is 20.0. The first-order valence-electron chi connectivity index (χ1n) is 15.5. The minimum Gasteiger partial charge on any atom is -0.147 e. The van der Waals surface area contributed by atoms with Crippen LogP contribution in [0.4, 0.5) is 0 Å². The van der Waals surface area contributed by atoms with E-state index >= 15 is 0 Å². The van der Waals surface area contributed by atoms with E-state index in [9.17, 15) is 0 Å². The Balaban J connectivity index is 0.00000221. The van der Waals surface area contributed by atoms with Crippen LogP contribution in [-0.2, 0) is 38.2 Å². The van der Waals surface area contributed by atoms with Gasteiger partial charge in [-0.1, -0.05) is 0 Å². The molecule has 0 nitrogen and oxygen atoms in total. The third kappa shape index (κ3) is 6.76. The first-order valence-corrected chi connectivity index (χ1v) is 20.8. The fourth-order valence-corrected chi connectivity index (χ4v) is 18.2. The van der Waals surface area contributed by atoms with Gasteiger partial charge in [0.1, 0.15) is 0 Å². The van der Waals surface area contributed by atoms with E-state index in [1.165, 1.54) is 50.1 Å². The van der Waals surface area contributed by atoms with Gasteiger partial charge in [-0.2, -0.15) is 0 Å². The Bertz CT molecular complexity index is 1760. The molecule has 6 rings (SSSR count). The maximum absolute atomic E-state index is 2.94. The summed E-state index contributed by atoms with van der Waals surface area (Å²) in [5.74, 6) is 0. The van der Waals surface area contributed by atoms with E-state index in [1.807, 2.05) is 0 Å². The molecule has 0 radical (unpaired) electrons. The predicted octanol–water partition coefficient (Wildman–Crippen LogP) is 10.7. The molecule has 2 aliphatic carbocycles. The zero-order chi connectivity index (χ0) is 29.8. The molecule has 2 aliphatic rings. The quantitative estimate of drug-likeness (QED) is 0.159. The Morgan fingerprint density at radius 3 is 1.77 bits per heavy atom. The maximum Gasteiger partial charge on any atom is -0.147 e. The zero-order valence-electron chi connectivity index (χ0n) is 27.5. The molecule has 0 N–H and O–H groups in total. The Kier molecular flexibility index (Phi) is 10.4. The Hall–Kier alpha value is -2.32. The van der Waals surface area contributed by atoms with Crippen LogP contribution in [0.25, 0.3) is 11.1 Å². The predicted molar refractivity (Wildman–Crippen MR) is 194 cm³/mol. The van der Waals surface area contributed by atoms with E-state index in [-0.39, 0.29) is 35.6 Å². The second-order valence-corrected chi connectivity index (χ2v) is 23.1. The summed E-state index contributed by atoms with van der Waals surface area (Å²) in [5.41, 5.74) is 14.6. The summed E-state index contributed by atoms with van der Waals surface area (Å²) in [6.45, 7) is 18.6. The largest absolute Gasteiger partial charge is 0.147 e. The number of aryl methyl sites for hydroxylation is 2. The number of hydrogen-bond acceptors (Lipinski definition) is 0. The number of allylic oxidation sites excluding steroid dienone is 4. The van der Waals surface area contributed by atoms with Gasteiger partial charge in [-0.05, 0) is 0 Å². The van der Waals surface area contributed by atoms with Crippen LogP contribution >= 0.6 is 24.8 Å². The van der Waals surface area contributed by atoms with Crippen LogP contribution in [0.1, 0.15) is 92.5 Å². The van der Waals surface area contributed by atoms with E-state index in [0.717, 1.165) is 12.8 Å². The van der Waals surface area contributed by atoms with Crippen molar-refractivity contribution in [2.75, 3.05) is 0 Å². The van der Waals surface area contributed by atoms with Gasteiger partial charge >= 0.3 is 263 Å². The third-order valence-electron chi connectivity index (χ3n) is 8.97. The van der Waals surface area contributed by atoms with Gasteiger partial charge in [-0.3, -0.25) is 0 Å². The summed E-state index contributed by atoms with van der Waals surface area (Å²) < 4.78 is 5.00. The van der Waals surface area contributed by atoms with Crippen molar-refractivity contribution in [3.63, 3.8) is 0 Å². The summed E-state index contributed by atoms with van der Waals surface area (Å²) in [5, 5.41) is 0. The second-order valence-electron chi connectivity index (χ2n) is 14.4. The van der Waals surface area contributed by atoms with Crippen molar-refractivity contribution in [2.45, 2.75) is 79.1 Å². The minimum atomic E-state index is -2.94. The van der Waals surface area contributed by atoms with Crippen LogP contribution in [-0.4, -0.2) is 3.26 Å². The first-order chi connectivity index (χ1) is 19.9. The molecule has 44 heavy (non-hydrogen) atoms. The molecule has 0 aliphatic heterocycles. The van der Waals surface area contributed by atoms with Gasteiger partial charge in [0, 0.05) is 0 Å². The van der Waals surface area contributed by atoms with Crippen LogP contribution < -0.4 is 3.32 Å². The van der Waals surface area contributed by atoms with Gasteiger partial charge in [-0.15, -0.1) is 24.8 Å². The van der Waals surface area contributed by atoms with E-state index in [2.05, 4.69) is 152 Å². The fourth-order valence-electron chi connectivity index (χ4n) is 6.55. The van der Waals surface area contributed by atoms with Gasteiger partial charge in [0.2, 0.25) is 0 Å². The Morgan fingerprint density at radius 2 is 1.25 bits per heavy atom. The molecule has 0 spiro atoms. The van der Waals surface area contributed by atoms with Crippen molar-refractivity contribution < 1.29 is 21.0 Å². The number of benzene rings is 4. The molecular weight excluding hydrogens is 742 g/mol. The first kappa shape index (κ1) is 34.6. The van der Waals surface area contributed by atoms with Crippen molar-refractivity contribution in [3.05, 3.63) is 145 Å². The molecule has 0 atom stereocenters. The normalized spacial score (nSPS) is 13.4. The molecule has 0 bridgehead atoms. The van der Waals surface area contributed by atoms with Gasteiger partial charge in [0.15, 0.2) is 0 Å². The summed E-state index contributed by atoms with van der Waals surface area (Å²) in [4.78, 5) is 0. The van der Waals surface area contributed by atoms with Gasteiger partial charge in [0.25, 0.3) is 0 Å². The van der Waals surface area contributed by atoms with E-state index in [0.29, 0.717) is 0 Å². The van der Waals surface area contributed by atoms with Crippen LogP contribution in [0.5, 0.6) is 0 Å². The molecule has 4 aromatic carbocycles. The summed E-state index contributed by atoms with van der Waals surface area (Å²) >= 11 is -2.94. The minimum absolute atomic E-state index is 0. The second kappa shape index (κ2) is 13.2. The number of fused-ring (bicyclic) bond motifs is 3. The van der Waals surface area contributed by atoms with Crippen molar-refractivity contribution in [1.82, 2.24) is 0 Å². The molecular formula is C41H46Cl2Hf. The van der Waals surface area contributed by atoms with Crippen LogP contribution in [0.15, 0.2) is 100 Å². The molecule has 0 saturated heterocycles. The Labute approximate surface area is 285 Å². The van der Waals surface area contributed by atoms with E-state index in [1.54, 1.807) is 15.5 Å². The van der Waals surface area contributed by atoms with Crippen LogP contribution in [0.2, 0.25) is 0 Å². The standard InChI is InChI=1S/C21H25.C15H14.C5H5.2ClH.Hf/c1-20(2,3)16-9-7-14-11-15-8-10-17(21(4,5)6)13-19(15)18(14)12-16;1-12-5-3-7-14(9-12)11-15-8-4-6-13(2)10-15;1-2-4-5-3-1;;;/h7,9-10,12-13H,11H2,1-6H3;3-10H,1-2H3;1-3H,4H2;2*1H;. The van der Waals surface area contributed by atoms with Gasteiger partial charge < -0.3 is 0 Å². The molecule has 3 heteroatoms. The van der Waals surface area contributed by atoms with Crippen LogP contribution in [0.3, 0.4) is 0 Å². The molecule has 0 unspecified atom stereocenters. The average Bonchev–Trinajstić information content (AvgIpc) is 3.58. The monoisotopic (exact) mass is 788 g/mol. The molecule has 0 saturated carbocycles. The fraction of sp³-hybridized carbons (Fsp3) is 0.293. The average molecular weight is 788 g/mol. The molecule has 0 heterocycles. The van der Waals surface area contributed by atoms with Crippen molar-refractivity contribution in [3.8, 4) is 11.1 Å². The summed E-state index contributed by atoms with van der Waals surface area (Å²) in [7, 11) is 0. The van der Waals surface area contributed by atoms with Gasteiger partial charge in [-0.25, -0.2) is 0 Å². The molecule has 228 valence electrons.